The molecule has 0 spiro atoms. The molecule has 6 nitrogen and oxygen atoms in total. The molecule has 0 radical (unpaired) electrons. The minimum absolute atomic E-state index is 0.695. The van der Waals surface area contributed by atoms with Crippen molar-refractivity contribution >= 4 is 28.3 Å². The van der Waals surface area contributed by atoms with Crippen molar-refractivity contribution in [2.75, 3.05) is 18.5 Å². The van der Waals surface area contributed by atoms with Gasteiger partial charge in [-0.1, -0.05) is 0 Å². The van der Waals surface area contributed by atoms with Crippen LogP contribution in [-0.2, 0) is 6.42 Å². The van der Waals surface area contributed by atoms with Gasteiger partial charge in [-0.05, 0) is 0 Å². The zero-order valence-corrected chi connectivity index (χ0v) is 10.7. The topological polar surface area (TPSA) is 70.6 Å². The van der Waals surface area contributed by atoms with Crippen LogP contribution in [0.15, 0.2) is 24.2 Å². The van der Waals surface area contributed by atoms with E-state index < -0.39 is 0 Å². The van der Waals surface area contributed by atoms with E-state index in [4.69, 9.17) is 0 Å². The Morgan fingerprint density at radius 2 is 2.22 bits per heavy atom. The maximum Gasteiger partial charge on any atom is 0.182 e. The Balaban J connectivity index is 1.79. The first-order chi connectivity index (χ1) is 8.84. The summed E-state index contributed by atoms with van der Waals surface area (Å²) in [6.45, 7) is 0.860. The van der Waals surface area contributed by atoms with Crippen LogP contribution in [0.3, 0.4) is 0 Å². The number of anilines is 1. The van der Waals surface area contributed by atoms with Crippen molar-refractivity contribution in [2.45, 2.75) is 6.42 Å². The van der Waals surface area contributed by atoms with Crippen LogP contribution in [0.1, 0.15) is 5.01 Å². The summed E-state index contributed by atoms with van der Waals surface area (Å²) in [6, 6.07) is 0. The molecule has 7 heteroatoms. The van der Waals surface area contributed by atoms with Gasteiger partial charge in [0.25, 0.3) is 0 Å². The average molecular weight is 260 g/mol. The standard InChI is InChI=1S/C11H12N6S/c1-17(4-2-8-12-3-5-18-8)11-9-10(14-6-13-9)15-7-16-11/h3,5-7H,2,4H2,1H3,(H,13,14,15,16). The van der Waals surface area contributed by atoms with Gasteiger partial charge >= 0.3 is 0 Å². The van der Waals surface area contributed by atoms with Gasteiger partial charge in [0, 0.05) is 31.6 Å². The second kappa shape index (κ2) is 4.69. The molecular formula is C11H12N6S. The summed E-state index contributed by atoms with van der Waals surface area (Å²) in [5, 5.41) is 3.13. The van der Waals surface area contributed by atoms with Crippen molar-refractivity contribution in [1.82, 2.24) is 24.9 Å². The van der Waals surface area contributed by atoms with Crippen LogP contribution in [0.4, 0.5) is 5.82 Å². The molecule has 3 aromatic rings. The quantitative estimate of drug-likeness (QED) is 0.769. The predicted octanol–water partition coefficient (Wildman–Crippen LogP) is 1.49. The van der Waals surface area contributed by atoms with Crippen molar-refractivity contribution in [1.29, 1.82) is 0 Å². The van der Waals surface area contributed by atoms with Crippen LogP contribution in [0.5, 0.6) is 0 Å². The van der Waals surface area contributed by atoms with Gasteiger partial charge in [0.05, 0.1) is 11.3 Å². The number of nitrogens with zero attached hydrogens (tertiary/aromatic N) is 5. The van der Waals surface area contributed by atoms with E-state index in [1.807, 2.05) is 18.6 Å². The monoisotopic (exact) mass is 260 g/mol. The van der Waals surface area contributed by atoms with E-state index in [0.717, 1.165) is 29.3 Å². The highest BCUT2D eigenvalue weighted by atomic mass is 32.1. The summed E-state index contributed by atoms with van der Waals surface area (Å²) in [6.07, 6.45) is 5.92. The molecule has 3 rings (SSSR count). The molecule has 0 saturated carbocycles. The third-order valence-electron chi connectivity index (χ3n) is 2.71. The Morgan fingerprint density at radius 3 is 3.06 bits per heavy atom. The molecule has 0 fully saturated rings. The molecule has 0 atom stereocenters. The number of nitrogens with one attached hydrogen (secondary N) is 1. The van der Waals surface area contributed by atoms with Gasteiger partial charge in [0.15, 0.2) is 11.5 Å². The molecule has 3 aromatic heterocycles. The van der Waals surface area contributed by atoms with Crippen LogP contribution in [0, 0.1) is 0 Å². The number of fused-ring (bicyclic) bond motifs is 1. The summed E-state index contributed by atoms with van der Waals surface area (Å²) in [4.78, 5) is 22.0. The lowest BCUT2D eigenvalue weighted by Gasteiger charge is -2.17. The number of hydrogen-bond acceptors (Lipinski definition) is 6. The van der Waals surface area contributed by atoms with Crippen LogP contribution < -0.4 is 4.90 Å². The fourth-order valence-corrected chi connectivity index (χ4v) is 2.40. The van der Waals surface area contributed by atoms with Gasteiger partial charge in [-0.2, -0.15) is 0 Å². The third kappa shape index (κ3) is 2.04. The van der Waals surface area contributed by atoms with E-state index in [1.165, 1.54) is 0 Å². The highest BCUT2D eigenvalue weighted by molar-refractivity contribution is 7.09. The number of thiazole rings is 1. The number of aromatic nitrogens is 5. The van der Waals surface area contributed by atoms with E-state index in [-0.39, 0.29) is 0 Å². The van der Waals surface area contributed by atoms with Crippen molar-refractivity contribution in [3.8, 4) is 0 Å². The Labute approximate surface area is 108 Å². The van der Waals surface area contributed by atoms with E-state index in [2.05, 4.69) is 29.8 Å². The van der Waals surface area contributed by atoms with Crippen molar-refractivity contribution in [2.24, 2.45) is 0 Å². The van der Waals surface area contributed by atoms with Gasteiger partial charge in [0.1, 0.15) is 11.8 Å². The smallest absolute Gasteiger partial charge is 0.182 e. The second-order valence-corrected chi connectivity index (χ2v) is 4.87. The molecule has 0 aliphatic carbocycles. The normalized spacial score (nSPS) is 10.9. The molecule has 92 valence electrons. The van der Waals surface area contributed by atoms with Gasteiger partial charge in [-0.25, -0.2) is 19.9 Å². The minimum Gasteiger partial charge on any atom is -0.357 e. The Kier molecular flexibility index (Phi) is 2.89. The highest BCUT2D eigenvalue weighted by Crippen LogP contribution is 2.18. The van der Waals surface area contributed by atoms with Gasteiger partial charge < -0.3 is 9.88 Å². The van der Waals surface area contributed by atoms with E-state index >= 15 is 0 Å². The summed E-state index contributed by atoms with van der Waals surface area (Å²) >= 11 is 1.67. The first kappa shape index (κ1) is 11.1. The molecule has 0 saturated heterocycles. The third-order valence-corrected chi connectivity index (χ3v) is 3.55. The van der Waals surface area contributed by atoms with Crippen LogP contribution in [0.2, 0.25) is 0 Å². The summed E-state index contributed by atoms with van der Waals surface area (Å²) in [5.41, 5.74) is 1.57. The fourth-order valence-electron chi connectivity index (χ4n) is 1.79. The maximum absolute atomic E-state index is 4.31. The van der Waals surface area contributed by atoms with Crippen LogP contribution >= 0.6 is 11.3 Å². The SMILES string of the molecule is CN(CCc1nccs1)c1ncnc2nc[nH]c12. The molecule has 0 unspecified atom stereocenters. The van der Waals surface area contributed by atoms with Crippen molar-refractivity contribution < 1.29 is 0 Å². The first-order valence-electron chi connectivity index (χ1n) is 5.58. The largest absolute Gasteiger partial charge is 0.357 e. The number of hydrogen-bond donors (Lipinski definition) is 1. The van der Waals surface area contributed by atoms with Crippen LogP contribution in [-0.4, -0.2) is 38.5 Å². The Morgan fingerprint density at radius 1 is 1.28 bits per heavy atom. The van der Waals surface area contributed by atoms with E-state index in [1.54, 1.807) is 24.0 Å². The van der Waals surface area contributed by atoms with E-state index in [0.29, 0.717) is 5.65 Å². The van der Waals surface area contributed by atoms with Gasteiger partial charge in [-0.3, -0.25) is 0 Å². The highest BCUT2D eigenvalue weighted by Gasteiger charge is 2.10. The lowest BCUT2D eigenvalue weighted by molar-refractivity contribution is 0.854. The van der Waals surface area contributed by atoms with E-state index in [9.17, 15) is 0 Å². The molecule has 0 aliphatic heterocycles. The molecule has 0 aliphatic rings. The molecule has 18 heavy (non-hydrogen) atoms. The lowest BCUT2D eigenvalue weighted by atomic mass is 10.4. The summed E-state index contributed by atoms with van der Waals surface area (Å²) in [7, 11) is 2.01. The second-order valence-electron chi connectivity index (χ2n) is 3.90. The Bertz CT molecular complexity index is 632. The molecule has 1 N–H and O–H groups in total. The zero-order chi connectivity index (χ0) is 12.4. The number of rotatable bonds is 4. The number of likely N-dealkylation sites (N-methyl/N-ethyl adjacent to an activating group) is 1. The summed E-state index contributed by atoms with van der Waals surface area (Å²) in [5.74, 6) is 0.869. The molecule has 0 bridgehead atoms. The van der Waals surface area contributed by atoms with Gasteiger partial charge in [-0.15, -0.1) is 11.3 Å². The molecule has 0 amide bonds. The molecule has 0 aromatic carbocycles. The lowest BCUT2D eigenvalue weighted by Crippen LogP contribution is -2.21. The number of H-pyrrole nitrogens is 1. The average Bonchev–Trinajstić information content (AvgIpc) is 3.05. The number of imidazole rings is 1. The maximum atomic E-state index is 4.31. The zero-order valence-electron chi connectivity index (χ0n) is 9.87. The first-order valence-corrected chi connectivity index (χ1v) is 6.46. The van der Waals surface area contributed by atoms with Crippen LogP contribution in [0.25, 0.3) is 11.2 Å². The van der Waals surface area contributed by atoms with Crippen molar-refractivity contribution in [3.63, 3.8) is 0 Å². The van der Waals surface area contributed by atoms with Crippen molar-refractivity contribution in [3.05, 3.63) is 29.2 Å². The molecular weight excluding hydrogens is 248 g/mol. The van der Waals surface area contributed by atoms with Gasteiger partial charge in [0.2, 0.25) is 0 Å². The summed E-state index contributed by atoms with van der Waals surface area (Å²) < 4.78 is 0. The fraction of sp³-hybridized carbons (Fsp3) is 0.273. The minimum atomic E-state index is 0.695. The predicted molar refractivity (Wildman–Crippen MR) is 70.8 cm³/mol. The number of aromatic amines is 1. The Hall–Kier alpha value is -2.02. The molecule has 3 heterocycles.